The molecule has 0 unspecified atom stereocenters. The molecular formula is C21H25N3O3. The molecule has 0 atom stereocenters. The van der Waals surface area contributed by atoms with Crippen LogP contribution >= 0.6 is 0 Å². The first-order valence-corrected chi connectivity index (χ1v) is 9.24. The fourth-order valence-electron chi connectivity index (χ4n) is 3.17. The quantitative estimate of drug-likeness (QED) is 0.821. The monoisotopic (exact) mass is 367 g/mol. The molecule has 1 aliphatic rings. The van der Waals surface area contributed by atoms with E-state index >= 15 is 0 Å². The third-order valence-electron chi connectivity index (χ3n) is 4.89. The molecule has 1 aromatic carbocycles. The number of hydrogen-bond acceptors (Lipinski definition) is 5. The van der Waals surface area contributed by atoms with Gasteiger partial charge in [0.05, 0.1) is 11.9 Å². The lowest BCUT2D eigenvalue weighted by Crippen LogP contribution is -2.48. The molecule has 1 N–H and O–H groups in total. The van der Waals surface area contributed by atoms with E-state index in [1.54, 1.807) is 24.3 Å². The molecule has 0 aliphatic carbocycles. The van der Waals surface area contributed by atoms with Gasteiger partial charge in [0.1, 0.15) is 6.61 Å². The maximum Gasteiger partial charge on any atom is 0.253 e. The molecule has 1 aliphatic heterocycles. The zero-order valence-electron chi connectivity index (χ0n) is 15.8. The number of carbonyl (C=O) groups is 2. The van der Waals surface area contributed by atoms with Crippen molar-refractivity contribution < 1.29 is 14.7 Å². The second kappa shape index (κ2) is 8.31. The van der Waals surface area contributed by atoms with Crippen LogP contribution in [-0.2, 0) is 0 Å². The Morgan fingerprint density at radius 1 is 1.00 bits per heavy atom. The van der Waals surface area contributed by atoms with Gasteiger partial charge in [0.2, 0.25) is 0 Å². The van der Waals surface area contributed by atoms with Crippen LogP contribution in [0.2, 0.25) is 0 Å². The Morgan fingerprint density at radius 2 is 1.63 bits per heavy atom. The fraction of sp³-hybridized carbons (Fsp3) is 0.381. The van der Waals surface area contributed by atoms with Crippen LogP contribution in [-0.4, -0.2) is 59.5 Å². The summed E-state index contributed by atoms with van der Waals surface area (Å²) in [6, 6.07) is 10.6. The van der Waals surface area contributed by atoms with Gasteiger partial charge in [-0.2, -0.15) is 0 Å². The third kappa shape index (κ3) is 4.34. The molecule has 1 aromatic heterocycles. The summed E-state index contributed by atoms with van der Waals surface area (Å²) in [5.41, 5.74) is 3.13. The van der Waals surface area contributed by atoms with E-state index in [1.165, 1.54) is 0 Å². The number of nitrogens with zero attached hydrogens (tertiary/aromatic N) is 3. The third-order valence-corrected chi connectivity index (χ3v) is 4.89. The first-order chi connectivity index (χ1) is 13.0. The van der Waals surface area contributed by atoms with Crippen LogP contribution in [0, 0.1) is 0 Å². The van der Waals surface area contributed by atoms with Gasteiger partial charge < -0.3 is 14.9 Å². The molecule has 142 valence electrons. The number of rotatable bonds is 5. The van der Waals surface area contributed by atoms with Crippen LogP contribution in [0.5, 0.6) is 0 Å². The molecule has 3 rings (SSSR count). The van der Waals surface area contributed by atoms with Gasteiger partial charge in [0.25, 0.3) is 5.91 Å². The van der Waals surface area contributed by atoms with Gasteiger partial charge in [0.15, 0.2) is 5.78 Å². The molecule has 0 saturated carbocycles. The topological polar surface area (TPSA) is 73.7 Å². The number of amides is 1. The minimum atomic E-state index is -0.526. The Bertz CT molecular complexity index is 792. The first-order valence-electron chi connectivity index (χ1n) is 9.24. The van der Waals surface area contributed by atoms with Crippen molar-refractivity contribution in [3.05, 3.63) is 59.4 Å². The number of hydrogen-bond donors (Lipinski definition) is 1. The van der Waals surface area contributed by atoms with E-state index in [-0.39, 0.29) is 11.7 Å². The van der Waals surface area contributed by atoms with Crippen molar-refractivity contribution in [2.75, 3.05) is 37.7 Å². The lowest BCUT2D eigenvalue weighted by Gasteiger charge is -2.36. The summed E-state index contributed by atoms with van der Waals surface area (Å²) >= 11 is 0. The molecule has 0 bridgehead atoms. The highest BCUT2D eigenvalue weighted by Crippen LogP contribution is 2.19. The SMILES string of the molecule is CC(C)c1ccc(N2CCN(C(=O)c3ccc(C(=O)CO)cc3)CC2)cn1. The predicted molar refractivity (Wildman–Crippen MR) is 104 cm³/mol. The van der Waals surface area contributed by atoms with E-state index in [1.807, 2.05) is 11.1 Å². The number of benzene rings is 1. The van der Waals surface area contributed by atoms with Gasteiger partial charge in [-0.05, 0) is 30.2 Å². The number of aliphatic hydroxyl groups excluding tert-OH is 1. The Hall–Kier alpha value is -2.73. The molecular weight excluding hydrogens is 342 g/mol. The van der Waals surface area contributed by atoms with Gasteiger partial charge in [-0.25, -0.2) is 0 Å². The van der Waals surface area contributed by atoms with Gasteiger partial charge in [0, 0.05) is 43.0 Å². The number of Topliss-reactive ketones (excluding diaryl/α,β-unsaturated/α-hetero) is 1. The summed E-state index contributed by atoms with van der Waals surface area (Å²) in [7, 11) is 0. The highest BCUT2D eigenvalue weighted by Gasteiger charge is 2.22. The highest BCUT2D eigenvalue weighted by atomic mass is 16.3. The molecule has 0 radical (unpaired) electrons. The number of anilines is 1. The molecule has 1 saturated heterocycles. The Balaban J connectivity index is 1.59. The summed E-state index contributed by atoms with van der Waals surface area (Å²) in [5, 5.41) is 8.90. The maximum absolute atomic E-state index is 12.7. The predicted octanol–water partition coefficient (Wildman–Crippen LogP) is 2.34. The van der Waals surface area contributed by atoms with Crippen molar-refractivity contribution in [2.24, 2.45) is 0 Å². The minimum Gasteiger partial charge on any atom is -0.388 e. The number of carbonyl (C=O) groups excluding carboxylic acids is 2. The van der Waals surface area contributed by atoms with E-state index < -0.39 is 6.61 Å². The molecule has 1 amide bonds. The van der Waals surface area contributed by atoms with E-state index in [0.717, 1.165) is 24.5 Å². The van der Waals surface area contributed by atoms with E-state index in [4.69, 9.17) is 5.11 Å². The summed E-state index contributed by atoms with van der Waals surface area (Å²) < 4.78 is 0. The number of piperazine rings is 1. The lowest BCUT2D eigenvalue weighted by atomic mass is 10.1. The van der Waals surface area contributed by atoms with E-state index in [0.29, 0.717) is 30.1 Å². The zero-order chi connectivity index (χ0) is 19.4. The number of aliphatic hydroxyl groups is 1. The standard InChI is InChI=1S/C21H25N3O3/c1-15(2)19-8-7-18(13-22-19)23-9-11-24(12-10-23)21(27)17-5-3-16(4-6-17)20(26)14-25/h3-8,13,15,25H,9-12,14H2,1-2H3. The van der Waals surface area contributed by atoms with Gasteiger partial charge >= 0.3 is 0 Å². The fourth-order valence-corrected chi connectivity index (χ4v) is 3.17. The number of pyridine rings is 1. The molecule has 2 aromatic rings. The van der Waals surface area contributed by atoms with Crippen molar-refractivity contribution in [1.29, 1.82) is 0 Å². The van der Waals surface area contributed by atoms with Crippen molar-refractivity contribution in [3.63, 3.8) is 0 Å². The Morgan fingerprint density at radius 3 is 2.15 bits per heavy atom. The average Bonchev–Trinajstić information content (AvgIpc) is 2.73. The van der Waals surface area contributed by atoms with Crippen LogP contribution in [0.15, 0.2) is 42.6 Å². The van der Waals surface area contributed by atoms with Crippen molar-refractivity contribution in [2.45, 2.75) is 19.8 Å². The Labute approximate surface area is 159 Å². The average molecular weight is 367 g/mol. The van der Waals surface area contributed by atoms with Crippen LogP contribution in [0.1, 0.15) is 46.2 Å². The second-order valence-electron chi connectivity index (χ2n) is 7.03. The first kappa shape index (κ1) is 19.0. The molecule has 1 fully saturated rings. The van der Waals surface area contributed by atoms with E-state index in [2.05, 4.69) is 35.9 Å². The van der Waals surface area contributed by atoms with Crippen molar-refractivity contribution in [3.8, 4) is 0 Å². The maximum atomic E-state index is 12.7. The van der Waals surface area contributed by atoms with Crippen LogP contribution in [0.3, 0.4) is 0 Å². The highest BCUT2D eigenvalue weighted by molar-refractivity contribution is 5.99. The van der Waals surface area contributed by atoms with Crippen molar-refractivity contribution >= 4 is 17.4 Å². The van der Waals surface area contributed by atoms with Crippen molar-refractivity contribution in [1.82, 2.24) is 9.88 Å². The van der Waals surface area contributed by atoms with Gasteiger partial charge in [-0.15, -0.1) is 0 Å². The summed E-state index contributed by atoms with van der Waals surface area (Å²) in [6.07, 6.45) is 1.91. The number of ketones is 1. The molecule has 6 heteroatoms. The molecule has 6 nitrogen and oxygen atoms in total. The molecule has 27 heavy (non-hydrogen) atoms. The van der Waals surface area contributed by atoms with E-state index in [9.17, 15) is 9.59 Å². The molecule has 2 heterocycles. The van der Waals surface area contributed by atoms with Crippen LogP contribution in [0.4, 0.5) is 5.69 Å². The zero-order valence-corrected chi connectivity index (χ0v) is 15.8. The van der Waals surface area contributed by atoms with Gasteiger partial charge in [-0.1, -0.05) is 26.0 Å². The lowest BCUT2D eigenvalue weighted by molar-refractivity contribution is 0.0746. The summed E-state index contributed by atoms with van der Waals surface area (Å²) in [5.74, 6) is 0.0261. The second-order valence-corrected chi connectivity index (χ2v) is 7.03. The smallest absolute Gasteiger partial charge is 0.253 e. The minimum absolute atomic E-state index is 0.0362. The summed E-state index contributed by atoms with van der Waals surface area (Å²) in [6.45, 7) is 6.52. The summed E-state index contributed by atoms with van der Waals surface area (Å²) in [4.78, 5) is 32.7. The number of aromatic nitrogens is 1. The Kier molecular flexibility index (Phi) is 5.86. The molecule has 0 spiro atoms. The van der Waals surface area contributed by atoms with Gasteiger partial charge in [-0.3, -0.25) is 14.6 Å². The normalized spacial score (nSPS) is 14.5. The largest absolute Gasteiger partial charge is 0.388 e. The van der Waals surface area contributed by atoms with Crippen LogP contribution in [0.25, 0.3) is 0 Å². The van der Waals surface area contributed by atoms with Crippen LogP contribution < -0.4 is 4.90 Å².